The zero-order valence-corrected chi connectivity index (χ0v) is 18.9. The van der Waals surface area contributed by atoms with Crippen molar-refractivity contribution in [3.63, 3.8) is 0 Å². The molecule has 10 heteroatoms. The van der Waals surface area contributed by atoms with E-state index in [-0.39, 0.29) is 17.7 Å². The number of nitrogens with zero attached hydrogens (tertiary/aromatic N) is 1. The van der Waals surface area contributed by atoms with Crippen LogP contribution in [0.4, 0.5) is 0 Å². The van der Waals surface area contributed by atoms with Crippen molar-refractivity contribution in [3.8, 4) is 11.5 Å². The van der Waals surface area contributed by atoms with E-state index in [1.807, 2.05) is 0 Å². The number of hydrogen-bond acceptors (Lipinski definition) is 5. The molecule has 1 heterocycles. The van der Waals surface area contributed by atoms with Crippen LogP contribution in [0.25, 0.3) is 6.08 Å². The van der Waals surface area contributed by atoms with Crippen LogP contribution in [0.3, 0.4) is 0 Å². The SMILES string of the molecule is COc1cc(C=C2SC(NC(C)=O)=NC2=O)cc(Cl)c1OCc1ccc(Cl)cc1Cl. The highest BCUT2D eigenvalue weighted by molar-refractivity contribution is 8.18. The minimum absolute atomic E-state index is 0.161. The zero-order chi connectivity index (χ0) is 21.8. The minimum Gasteiger partial charge on any atom is -0.493 e. The minimum atomic E-state index is -0.448. The number of amides is 2. The molecule has 2 aromatic rings. The van der Waals surface area contributed by atoms with Crippen LogP contribution in [0.2, 0.25) is 15.1 Å². The van der Waals surface area contributed by atoms with Crippen LogP contribution >= 0.6 is 46.6 Å². The first-order chi connectivity index (χ1) is 14.3. The van der Waals surface area contributed by atoms with E-state index in [1.165, 1.54) is 14.0 Å². The summed E-state index contributed by atoms with van der Waals surface area (Å²) in [6.45, 7) is 1.50. The first-order valence-corrected chi connectivity index (χ1v) is 10.5. The molecule has 6 nitrogen and oxygen atoms in total. The van der Waals surface area contributed by atoms with Gasteiger partial charge in [-0.25, -0.2) is 0 Å². The molecule has 0 aromatic heterocycles. The number of hydrogen-bond donors (Lipinski definition) is 1. The first-order valence-electron chi connectivity index (χ1n) is 8.51. The second kappa shape index (κ2) is 9.75. The summed E-state index contributed by atoms with van der Waals surface area (Å²) in [5, 5.41) is 4.03. The van der Waals surface area contributed by atoms with Gasteiger partial charge in [0.2, 0.25) is 5.91 Å². The van der Waals surface area contributed by atoms with Gasteiger partial charge < -0.3 is 14.8 Å². The third-order valence-corrected chi connectivity index (χ3v) is 5.61. The molecule has 0 radical (unpaired) electrons. The molecule has 0 atom stereocenters. The van der Waals surface area contributed by atoms with E-state index in [0.29, 0.717) is 37.0 Å². The lowest BCUT2D eigenvalue weighted by molar-refractivity contribution is -0.117. The first kappa shape index (κ1) is 22.5. The smallest absolute Gasteiger partial charge is 0.286 e. The van der Waals surface area contributed by atoms with Crippen LogP contribution in [0.5, 0.6) is 11.5 Å². The number of aliphatic imine (C=N–C) groups is 1. The van der Waals surface area contributed by atoms with E-state index >= 15 is 0 Å². The Morgan fingerprint density at radius 3 is 2.63 bits per heavy atom. The Hall–Kier alpha value is -2.19. The Balaban J connectivity index is 1.80. The van der Waals surface area contributed by atoms with Crippen LogP contribution in [0, 0.1) is 0 Å². The Morgan fingerprint density at radius 2 is 1.97 bits per heavy atom. The van der Waals surface area contributed by atoms with Crippen molar-refractivity contribution < 1.29 is 19.1 Å². The normalized spacial score (nSPS) is 14.6. The summed E-state index contributed by atoms with van der Waals surface area (Å²) >= 11 is 19.6. The highest BCUT2D eigenvalue weighted by atomic mass is 35.5. The number of benzene rings is 2. The van der Waals surface area contributed by atoms with Crippen molar-refractivity contribution in [2.75, 3.05) is 7.11 Å². The lowest BCUT2D eigenvalue weighted by atomic mass is 10.1. The van der Waals surface area contributed by atoms with Gasteiger partial charge in [-0.2, -0.15) is 4.99 Å². The number of carbonyl (C=O) groups is 2. The molecule has 30 heavy (non-hydrogen) atoms. The van der Waals surface area contributed by atoms with E-state index in [1.54, 1.807) is 36.4 Å². The molecule has 2 aromatic carbocycles. The molecule has 2 amide bonds. The molecule has 1 aliphatic rings. The maximum absolute atomic E-state index is 12.1. The van der Waals surface area contributed by atoms with Gasteiger partial charge in [-0.3, -0.25) is 9.59 Å². The molecule has 0 fully saturated rings. The number of ether oxygens (including phenoxy) is 2. The van der Waals surface area contributed by atoms with Crippen LogP contribution in [0.1, 0.15) is 18.1 Å². The fourth-order valence-electron chi connectivity index (χ4n) is 2.52. The maximum Gasteiger partial charge on any atom is 0.286 e. The maximum atomic E-state index is 12.1. The van der Waals surface area contributed by atoms with Crippen molar-refractivity contribution in [2.24, 2.45) is 4.99 Å². The van der Waals surface area contributed by atoms with Crippen molar-refractivity contribution in [1.29, 1.82) is 0 Å². The number of nitrogens with one attached hydrogen (secondary N) is 1. The molecule has 0 saturated carbocycles. The van der Waals surface area contributed by atoms with Gasteiger partial charge in [-0.05, 0) is 47.7 Å². The molecule has 0 saturated heterocycles. The summed E-state index contributed by atoms with van der Waals surface area (Å²) in [5.74, 6) is -0.0235. The summed E-state index contributed by atoms with van der Waals surface area (Å²) in [7, 11) is 1.48. The van der Waals surface area contributed by atoms with E-state index in [4.69, 9.17) is 44.3 Å². The molecule has 156 valence electrons. The number of amidine groups is 1. The lowest BCUT2D eigenvalue weighted by Gasteiger charge is -2.14. The summed E-state index contributed by atoms with van der Waals surface area (Å²) in [6, 6.07) is 8.43. The highest BCUT2D eigenvalue weighted by Crippen LogP contribution is 2.39. The third kappa shape index (κ3) is 5.49. The standard InChI is InChI=1S/C20H15Cl3N2O4S/c1-10(26)24-20-25-19(27)17(30-20)7-11-5-15(23)18(16(6-11)28-2)29-9-12-3-4-13(21)8-14(12)22/h3-8H,9H2,1-2H3,(H,24,25,26,27). The van der Waals surface area contributed by atoms with Gasteiger partial charge in [0, 0.05) is 22.5 Å². The zero-order valence-electron chi connectivity index (χ0n) is 15.8. The summed E-state index contributed by atoms with van der Waals surface area (Å²) in [6.07, 6.45) is 1.61. The van der Waals surface area contributed by atoms with Crippen LogP contribution in [-0.2, 0) is 16.2 Å². The van der Waals surface area contributed by atoms with Crippen molar-refractivity contribution in [1.82, 2.24) is 5.32 Å². The fourth-order valence-corrected chi connectivity index (χ4v) is 4.11. The van der Waals surface area contributed by atoms with Crippen molar-refractivity contribution >= 4 is 69.6 Å². The summed E-state index contributed by atoms with van der Waals surface area (Å²) in [5.41, 5.74) is 1.35. The van der Waals surface area contributed by atoms with E-state index < -0.39 is 5.91 Å². The number of carbonyl (C=O) groups excluding carboxylic acids is 2. The predicted octanol–water partition coefficient (Wildman–Crippen LogP) is 5.34. The van der Waals surface area contributed by atoms with Crippen LogP contribution in [-0.4, -0.2) is 24.1 Å². The molecule has 0 spiro atoms. The van der Waals surface area contributed by atoms with Gasteiger partial charge in [0.15, 0.2) is 16.7 Å². The van der Waals surface area contributed by atoms with Gasteiger partial charge in [-0.1, -0.05) is 40.9 Å². The molecular weight excluding hydrogens is 471 g/mol. The number of thioether (sulfide) groups is 1. The Bertz CT molecular complexity index is 1090. The molecule has 1 aliphatic heterocycles. The second-order valence-corrected chi connectivity index (χ2v) is 8.35. The number of halogens is 3. The molecule has 1 N–H and O–H groups in total. The van der Waals surface area contributed by atoms with Gasteiger partial charge in [0.05, 0.1) is 17.0 Å². The number of methoxy groups -OCH3 is 1. The Morgan fingerprint density at radius 1 is 1.20 bits per heavy atom. The van der Waals surface area contributed by atoms with Gasteiger partial charge in [0.25, 0.3) is 5.91 Å². The lowest BCUT2D eigenvalue weighted by Crippen LogP contribution is -2.23. The van der Waals surface area contributed by atoms with Crippen LogP contribution < -0.4 is 14.8 Å². The Labute approximate surface area is 192 Å². The average Bonchev–Trinajstić information content (AvgIpc) is 2.99. The van der Waals surface area contributed by atoms with Gasteiger partial charge >= 0.3 is 0 Å². The predicted molar refractivity (Wildman–Crippen MR) is 121 cm³/mol. The number of rotatable bonds is 5. The topological polar surface area (TPSA) is 77.0 Å². The quantitative estimate of drug-likeness (QED) is 0.578. The molecule has 0 aliphatic carbocycles. The summed E-state index contributed by atoms with van der Waals surface area (Å²) in [4.78, 5) is 27.3. The van der Waals surface area contributed by atoms with Crippen molar-refractivity contribution in [3.05, 3.63) is 61.4 Å². The largest absolute Gasteiger partial charge is 0.493 e. The van der Waals surface area contributed by atoms with E-state index in [0.717, 1.165) is 17.3 Å². The van der Waals surface area contributed by atoms with Crippen LogP contribution in [0.15, 0.2) is 40.2 Å². The molecule has 3 rings (SSSR count). The molecule has 0 unspecified atom stereocenters. The average molecular weight is 486 g/mol. The monoisotopic (exact) mass is 484 g/mol. The van der Waals surface area contributed by atoms with Gasteiger partial charge in [0.1, 0.15) is 6.61 Å². The van der Waals surface area contributed by atoms with E-state index in [9.17, 15) is 9.59 Å². The van der Waals surface area contributed by atoms with Crippen molar-refractivity contribution in [2.45, 2.75) is 13.5 Å². The fraction of sp³-hybridized carbons (Fsp3) is 0.150. The highest BCUT2D eigenvalue weighted by Gasteiger charge is 2.23. The molecule has 0 bridgehead atoms. The molecular formula is C20H15Cl3N2O4S. The van der Waals surface area contributed by atoms with Gasteiger partial charge in [-0.15, -0.1) is 0 Å². The Kier molecular flexibility index (Phi) is 7.31. The summed E-state index contributed by atoms with van der Waals surface area (Å²) < 4.78 is 11.2. The third-order valence-electron chi connectivity index (χ3n) is 3.84. The van der Waals surface area contributed by atoms with E-state index in [2.05, 4.69) is 10.3 Å². The second-order valence-electron chi connectivity index (χ2n) is 6.07.